The van der Waals surface area contributed by atoms with Crippen molar-refractivity contribution >= 4 is 37.1 Å². The van der Waals surface area contributed by atoms with Crippen molar-refractivity contribution in [3.05, 3.63) is 0 Å². The molecule has 0 aromatic carbocycles. The zero-order chi connectivity index (χ0) is 18.6. The Hall–Kier alpha value is 1.11. The van der Waals surface area contributed by atoms with Gasteiger partial charge in [0, 0.05) is 0 Å². The zero-order valence-corrected chi connectivity index (χ0v) is 23.0. The predicted molar refractivity (Wildman–Crippen MR) is 112 cm³/mol. The summed E-state index contributed by atoms with van der Waals surface area (Å²) in [6.45, 7) is 32.4. The first kappa shape index (κ1) is 22.2. The Morgan fingerprint density at radius 2 is 1.09 bits per heavy atom. The monoisotopic (exact) mass is 464 g/mol. The van der Waals surface area contributed by atoms with E-state index in [4.69, 9.17) is 0 Å². The van der Waals surface area contributed by atoms with E-state index in [9.17, 15) is 0 Å². The third kappa shape index (κ3) is 4.64. The van der Waals surface area contributed by atoms with Crippen LogP contribution >= 0.6 is 0 Å². The SMILES string of the molecule is CCC1[N](C(C)(C)C)[Sn]([N]([Si](C)(C)C)[Si](C)(C)C)[N]1C(C)(C)C. The third-order valence-electron chi connectivity index (χ3n) is 4.38. The molecule has 1 heterocycles. The summed E-state index contributed by atoms with van der Waals surface area (Å²) >= 11 is -2.03. The van der Waals surface area contributed by atoms with Gasteiger partial charge in [-0.1, -0.05) is 0 Å². The topological polar surface area (TPSA) is 9.72 Å². The molecule has 0 amide bonds. The molecule has 0 aliphatic carbocycles. The van der Waals surface area contributed by atoms with Crippen LogP contribution in [-0.2, 0) is 0 Å². The van der Waals surface area contributed by atoms with Gasteiger partial charge in [-0.15, -0.1) is 0 Å². The van der Waals surface area contributed by atoms with E-state index in [-0.39, 0.29) is 11.1 Å². The Morgan fingerprint density at radius 3 is 1.26 bits per heavy atom. The molecule has 0 aromatic rings. The molecule has 137 valence electrons. The molecule has 1 fully saturated rings. The molecular formula is C17H42N3Si2Sn. The van der Waals surface area contributed by atoms with Crippen molar-refractivity contribution in [3.63, 3.8) is 0 Å². The van der Waals surface area contributed by atoms with Crippen molar-refractivity contribution in [2.75, 3.05) is 0 Å². The van der Waals surface area contributed by atoms with Gasteiger partial charge in [0.2, 0.25) is 0 Å². The number of hydrogen-bond acceptors (Lipinski definition) is 3. The van der Waals surface area contributed by atoms with Crippen molar-refractivity contribution < 1.29 is 0 Å². The van der Waals surface area contributed by atoms with Crippen LogP contribution in [0.15, 0.2) is 0 Å². The summed E-state index contributed by atoms with van der Waals surface area (Å²) < 4.78 is 9.14. The second-order valence-electron chi connectivity index (χ2n) is 10.9. The second-order valence-corrected chi connectivity index (χ2v) is 29.3. The van der Waals surface area contributed by atoms with E-state index in [0.29, 0.717) is 6.17 Å². The Morgan fingerprint density at radius 1 is 0.783 bits per heavy atom. The van der Waals surface area contributed by atoms with E-state index < -0.39 is 37.1 Å². The summed E-state index contributed by atoms with van der Waals surface area (Å²) in [6, 6.07) is 0. The molecule has 3 nitrogen and oxygen atoms in total. The summed E-state index contributed by atoms with van der Waals surface area (Å²) in [6.07, 6.45) is 1.88. The Balaban J connectivity index is 3.45. The summed E-state index contributed by atoms with van der Waals surface area (Å²) in [4.78, 5) is 0. The quantitative estimate of drug-likeness (QED) is 0.550. The van der Waals surface area contributed by atoms with Gasteiger partial charge in [-0.05, 0) is 0 Å². The summed E-state index contributed by atoms with van der Waals surface area (Å²) in [5.74, 6) is 0. The fourth-order valence-electron chi connectivity index (χ4n) is 4.12. The van der Waals surface area contributed by atoms with Gasteiger partial charge in [0.05, 0.1) is 0 Å². The molecule has 0 atom stereocenters. The molecule has 0 saturated carbocycles. The van der Waals surface area contributed by atoms with Gasteiger partial charge >= 0.3 is 157 Å². The van der Waals surface area contributed by atoms with Gasteiger partial charge in [-0.25, -0.2) is 0 Å². The third-order valence-corrected chi connectivity index (χ3v) is 34.4. The van der Waals surface area contributed by atoms with E-state index in [2.05, 4.69) is 96.4 Å². The Labute approximate surface area is 156 Å². The summed E-state index contributed by atoms with van der Waals surface area (Å²) in [5, 5.41) is 0. The Kier molecular flexibility index (Phi) is 6.44. The van der Waals surface area contributed by atoms with E-state index in [1.165, 1.54) is 6.42 Å². The van der Waals surface area contributed by atoms with Crippen LogP contribution in [-0.4, -0.2) is 63.0 Å². The molecule has 1 saturated heterocycles. The standard InChI is InChI=1S/C11H24N2.C6H18NSi2.Sn/c1-8-9(12-10(2,3)4)13-11(5,6)7;1-8(2,3)7-9(4,5)6;/h9H,8H2,1-7H3;1-6H3;/q-2;-1;+3. The number of rotatable bonds is 4. The molecule has 0 N–H and O–H groups in total. The molecule has 1 radical (unpaired) electrons. The van der Waals surface area contributed by atoms with E-state index >= 15 is 0 Å². The minimum absolute atomic E-state index is 0.286. The maximum atomic E-state index is 3.17. The van der Waals surface area contributed by atoms with E-state index in [1.54, 1.807) is 0 Å². The van der Waals surface area contributed by atoms with Crippen LogP contribution in [0.1, 0.15) is 54.9 Å². The van der Waals surface area contributed by atoms with Gasteiger partial charge in [-0.2, -0.15) is 0 Å². The molecule has 1 rings (SSSR count). The van der Waals surface area contributed by atoms with Gasteiger partial charge in [0.25, 0.3) is 0 Å². The van der Waals surface area contributed by atoms with Crippen LogP contribution in [0, 0.1) is 0 Å². The predicted octanol–water partition coefficient (Wildman–Crippen LogP) is 4.89. The van der Waals surface area contributed by atoms with E-state index in [0.717, 1.165) is 0 Å². The van der Waals surface area contributed by atoms with Crippen LogP contribution in [0.2, 0.25) is 39.3 Å². The Bertz CT molecular complexity index is 380. The fraction of sp³-hybridized carbons (Fsp3) is 1.00. The van der Waals surface area contributed by atoms with Crippen LogP contribution in [0.5, 0.6) is 0 Å². The van der Waals surface area contributed by atoms with Crippen molar-refractivity contribution in [1.29, 1.82) is 0 Å². The summed E-state index contributed by atoms with van der Waals surface area (Å²) in [7, 11) is -2.68. The first-order valence-corrected chi connectivity index (χ1v) is 19.9. The second kappa shape index (κ2) is 6.69. The van der Waals surface area contributed by atoms with Crippen molar-refractivity contribution in [2.24, 2.45) is 0 Å². The van der Waals surface area contributed by atoms with Gasteiger partial charge in [0.1, 0.15) is 0 Å². The molecule has 0 aromatic heterocycles. The number of hydrogen-bond donors (Lipinski definition) is 0. The maximum absolute atomic E-state index is 3.17. The normalized spacial score (nSPS) is 21.1. The van der Waals surface area contributed by atoms with Crippen LogP contribution < -0.4 is 0 Å². The van der Waals surface area contributed by atoms with Crippen molar-refractivity contribution in [3.8, 4) is 0 Å². The molecular weight excluding hydrogens is 421 g/mol. The zero-order valence-electron chi connectivity index (χ0n) is 18.1. The minimum atomic E-state index is -2.03. The van der Waals surface area contributed by atoms with Gasteiger partial charge in [0.15, 0.2) is 0 Å². The van der Waals surface area contributed by atoms with Gasteiger partial charge in [-0.3, -0.25) is 0 Å². The average Bonchev–Trinajstić information content (AvgIpc) is 2.14. The van der Waals surface area contributed by atoms with E-state index in [1.807, 2.05) is 0 Å². The molecule has 0 spiro atoms. The molecule has 6 heteroatoms. The van der Waals surface area contributed by atoms with Crippen molar-refractivity contribution in [1.82, 2.24) is 8.70 Å². The van der Waals surface area contributed by atoms with Crippen molar-refractivity contribution in [2.45, 2.75) is 111 Å². The average molecular weight is 463 g/mol. The molecule has 23 heavy (non-hydrogen) atoms. The molecule has 1 aliphatic rings. The van der Waals surface area contributed by atoms with Crippen LogP contribution in [0.25, 0.3) is 0 Å². The number of nitrogens with zero attached hydrogens (tertiary/aromatic N) is 3. The first-order valence-electron chi connectivity index (χ1n) is 9.20. The first-order chi connectivity index (χ1) is 9.94. The van der Waals surface area contributed by atoms with Crippen LogP contribution in [0.4, 0.5) is 0 Å². The fourth-order valence-corrected chi connectivity index (χ4v) is 34.6. The molecule has 0 unspecified atom stereocenters. The van der Waals surface area contributed by atoms with Gasteiger partial charge < -0.3 is 0 Å². The summed E-state index contributed by atoms with van der Waals surface area (Å²) in [5.41, 5.74) is 0.573. The molecule has 1 aliphatic heterocycles. The van der Waals surface area contributed by atoms with Crippen LogP contribution in [0.3, 0.4) is 0 Å². The molecule has 0 bridgehead atoms.